The minimum atomic E-state index is -0.275. The monoisotopic (exact) mass is 308 g/mol. The molecule has 0 atom stereocenters. The second-order valence-corrected chi connectivity index (χ2v) is 5.88. The van der Waals surface area contributed by atoms with Crippen molar-refractivity contribution in [3.05, 3.63) is 74.4 Å². The van der Waals surface area contributed by atoms with Gasteiger partial charge in [0.05, 0.1) is 16.6 Å². The van der Waals surface area contributed by atoms with Crippen LogP contribution >= 0.6 is 0 Å². The van der Waals surface area contributed by atoms with E-state index in [0.717, 1.165) is 17.5 Å². The Morgan fingerprint density at radius 1 is 1.00 bits per heavy atom. The minimum Gasteiger partial charge on any atom is -0.293 e. The van der Waals surface area contributed by atoms with Gasteiger partial charge in [-0.05, 0) is 44.0 Å². The fourth-order valence-corrected chi connectivity index (χ4v) is 3.03. The average molecular weight is 308 g/mol. The summed E-state index contributed by atoms with van der Waals surface area (Å²) >= 11 is 0. The third kappa shape index (κ3) is 2.50. The number of aryl methyl sites for hydroxylation is 3. The van der Waals surface area contributed by atoms with Crippen LogP contribution < -0.4 is 11.2 Å². The number of fused-ring (bicyclic) bond motifs is 1. The van der Waals surface area contributed by atoms with Crippen LogP contribution in [0.1, 0.15) is 24.5 Å². The Bertz CT molecular complexity index is 996. The predicted octanol–water partition coefficient (Wildman–Crippen LogP) is 3.18. The Morgan fingerprint density at radius 3 is 2.43 bits per heavy atom. The van der Waals surface area contributed by atoms with E-state index in [2.05, 4.69) is 0 Å². The highest BCUT2D eigenvalue weighted by Crippen LogP contribution is 2.15. The lowest BCUT2D eigenvalue weighted by atomic mass is 10.1. The van der Waals surface area contributed by atoms with E-state index >= 15 is 0 Å². The lowest BCUT2D eigenvalue weighted by molar-refractivity contribution is 0.636. The van der Waals surface area contributed by atoms with E-state index in [0.29, 0.717) is 23.1 Å². The Hall–Kier alpha value is -2.62. The normalized spacial score (nSPS) is 11.1. The molecule has 0 N–H and O–H groups in total. The zero-order valence-electron chi connectivity index (χ0n) is 13.7. The molecule has 0 unspecified atom stereocenters. The molecule has 1 heterocycles. The summed E-state index contributed by atoms with van der Waals surface area (Å²) < 4.78 is 2.99. The molecule has 3 rings (SSSR count). The summed E-state index contributed by atoms with van der Waals surface area (Å²) in [5.41, 5.74) is 2.84. The molecular formula is C19H20N2O2. The standard InChI is InChI=1S/C19H20N2O2/c1-4-11-20-17-8-6-5-7-15(17)18(22)21(19(20)23)16-10-9-13(2)12-14(16)3/h5-10,12H,4,11H2,1-3H3. The summed E-state index contributed by atoms with van der Waals surface area (Å²) in [6.07, 6.45) is 0.828. The van der Waals surface area contributed by atoms with Crippen molar-refractivity contribution in [1.29, 1.82) is 0 Å². The van der Waals surface area contributed by atoms with E-state index < -0.39 is 0 Å². The first kappa shape index (κ1) is 15.3. The number of hydrogen-bond acceptors (Lipinski definition) is 2. The fraction of sp³-hybridized carbons (Fsp3) is 0.263. The molecule has 23 heavy (non-hydrogen) atoms. The van der Waals surface area contributed by atoms with Crippen LogP contribution in [0.4, 0.5) is 0 Å². The van der Waals surface area contributed by atoms with Crippen LogP contribution in [-0.2, 0) is 6.54 Å². The van der Waals surface area contributed by atoms with Crippen LogP contribution in [0.3, 0.4) is 0 Å². The molecule has 0 aliphatic rings. The van der Waals surface area contributed by atoms with Gasteiger partial charge in [-0.25, -0.2) is 9.36 Å². The Labute approximate surface area is 134 Å². The zero-order chi connectivity index (χ0) is 16.6. The van der Waals surface area contributed by atoms with E-state index in [4.69, 9.17) is 0 Å². The molecule has 1 aromatic heterocycles. The molecule has 0 fully saturated rings. The van der Waals surface area contributed by atoms with Crippen LogP contribution in [0, 0.1) is 13.8 Å². The first-order chi connectivity index (χ1) is 11.0. The van der Waals surface area contributed by atoms with Gasteiger partial charge >= 0.3 is 5.69 Å². The summed E-state index contributed by atoms with van der Waals surface area (Å²) in [5, 5.41) is 0.570. The number of benzene rings is 2. The quantitative estimate of drug-likeness (QED) is 0.746. The molecule has 0 aliphatic heterocycles. The van der Waals surface area contributed by atoms with Gasteiger partial charge in [-0.15, -0.1) is 0 Å². The maximum Gasteiger partial charge on any atom is 0.336 e. The van der Waals surface area contributed by atoms with Gasteiger partial charge in [0, 0.05) is 6.54 Å². The number of nitrogens with zero attached hydrogens (tertiary/aromatic N) is 2. The Balaban J connectivity index is 2.46. The SMILES string of the molecule is CCCn1c(=O)n(-c2ccc(C)cc2C)c(=O)c2ccccc21. The number of para-hydroxylation sites is 1. The molecule has 4 nitrogen and oxygen atoms in total. The van der Waals surface area contributed by atoms with Crippen LogP contribution in [0.15, 0.2) is 52.1 Å². The van der Waals surface area contributed by atoms with Gasteiger partial charge < -0.3 is 0 Å². The highest BCUT2D eigenvalue weighted by molar-refractivity contribution is 5.78. The minimum absolute atomic E-state index is 0.259. The third-order valence-corrected chi connectivity index (χ3v) is 4.09. The molecule has 3 aromatic rings. The highest BCUT2D eigenvalue weighted by Gasteiger charge is 2.15. The van der Waals surface area contributed by atoms with Crippen molar-refractivity contribution in [3.63, 3.8) is 0 Å². The summed E-state index contributed by atoms with van der Waals surface area (Å²) in [6, 6.07) is 13.1. The van der Waals surface area contributed by atoms with Crippen molar-refractivity contribution in [2.45, 2.75) is 33.7 Å². The van der Waals surface area contributed by atoms with E-state index in [9.17, 15) is 9.59 Å². The number of aromatic nitrogens is 2. The van der Waals surface area contributed by atoms with Gasteiger partial charge in [-0.1, -0.05) is 36.8 Å². The molecule has 2 aromatic carbocycles. The average Bonchev–Trinajstić information content (AvgIpc) is 2.53. The van der Waals surface area contributed by atoms with Crippen LogP contribution in [0.5, 0.6) is 0 Å². The Morgan fingerprint density at radius 2 is 1.74 bits per heavy atom. The van der Waals surface area contributed by atoms with Crippen molar-refractivity contribution in [2.24, 2.45) is 0 Å². The van der Waals surface area contributed by atoms with Crippen LogP contribution in [0.25, 0.3) is 16.6 Å². The van der Waals surface area contributed by atoms with Gasteiger partial charge in [-0.2, -0.15) is 0 Å². The van der Waals surface area contributed by atoms with Crippen molar-refractivity contribution < 1.29 is 0 Å². The number of hydrogen-bond donors (Lipinski definition) is 0. The van der Waals surface area contributed by atoms with Crippen molar-refractivity contribution in [1.82, 2.24) is 9.13 Å². The summed E-state index contributed by atoms with van der Waals surface area (Å²) in [7, 11) is 0. The van der Waals surface area contributed by atoms with Crippen molar-refractivity contribution in [2.75, 3.05) is 0 Å². The zero-order valence-corrected chi connectivity index (χ0v) is 13.7. The van der Waals surface area contributed by atoms with E-state index in [1.165, 1.54) is 4.57 Å². The summed E-state index contributed by atoms with van der Waals surface area (Å²) in [5.74, 6) is 0. The molecule has 0 radical (unpaired) electrons. The second-order valence-electron chi connectivity index (χ2n) is 5.88. The lowest BCUT2D eigenvalue weighted by Crippen LogP contribution is -2.39. The molecule has 0 spiro atoms. The van der Waals surface area contributed by atoms with Crippen molar-refractivity contribution >= 4 is 10.9 Å². The molecule has 0 aliphatic carbocycles. The van der Waals surface area contributed by atoms with Gasteiger partial charge in [0.15, 0.2) is 0 Å². The van der Waals surface area contributed by atoms with Crippen molar-refractivity contribution in [3.8, 4) is 5.69 Å². The topological polar surface area (TPSA) is 44.0 Å². The van der Waals surface area contributed by atoms with Gasteiger partial charge in [0.1, 0.15) is 0 Å². The maximum absolute atomic E-state index is 13.0. The molecule has 0 saturated heterocycles. The lowest BCUT2D eigenvalue weighted by Gasteiger charge is -2.15. The van der Waals surface area contributed by atoms with Crippen LogP contribution in [-0.4, -0.2) is 9.13 Å². The molecule has 0 amide bonds. The Kier molecular flexibility index (Phi) is 3.90. The van der Waals surface area contributed by atoms with E-state index in [1.54, 1.807) is 10.6 Å². The van der Waals surface area contributed by atoms with Gasteiger partial charge in [-0.3, -0.25) is 9.36 Å². The molecule has 0 saturated carbocycles. The van der Waals surface area contributed by atoms with E-state index in [-0.39, 0.29) is 11.2 Å². The van der Waals surface area contributed by atoms with Gasteiger partial charge in [0.25, 0.3) is 5.56 Å². The van der Waals surface area contributed by atoms with E-state index in [1.807, 2.05) is 57.2 Å². The smallest absolute Gasteiger partial charge is 0.293 e. The molecule has 118 valence electrons. The number of rotatable bonds is 3. The third-order valence-electron chi connectivity index (χ3n) is 4.09. The maximum atomic E-state index is 13.0. The predicted molar refractivity (Wildman–Crippen MR) is 93.6 cm³/mol. The first-order valence-electron chi connectivity index (χ1n) is 7.87. The second kappa shape index (κ2) is 5.88. The fourth-order valence-electron chi connectivity index (χ4n) is 3.03. The molecule has 0 bridgehead atoms. The van der Waals surface area contributed by atoms with Gasteiger partial charge in [0.2, 0.25) is 0 Å². The highest BCUT2D eigenvalue weighted by atomic mass is 16.2. The molecular weight excluding hydrogens is 288 g/mol. The summed E-state index contributed by atoms with van der Waals surface area (Å²) in [6.45, 7) is 6.53. The molecule has 4 heteroatoms. The largest absolute Gasteiger partial charge is 0.336 e. The summed E-state index contributed by atoms with van der Waals surface area (Å²) in [4.78, 5) is 25.9. The first-order valence-corrected chi connectivity index (χ1v) is 7.87. The van der Waals surface area contributed by atoms with Crippen LogP contribution in [0.2, 0.25) is 0 Å².